The van der Waals surface area contributed by atoms with E-state index in [9.17, 15) is 34.1 Å². The topological polar surface area (TPSA) is 328 Å². The Hall–Kier alpha value is -3.37. The molecular weight excluding hydrogens is 648 g/mol. The van der Waals surface area contributed by atoms with Gasteiger partial charge in [-0.3, -0.25) is 28.0 Å². The first kappa shape index (κ1) is 31.6. The highest BCUT2D eigenvalue weighted by molar-refractivity contribution is 7.47. The van der Waals surface area contributed by atoms with Gasteiger partial charge < -0.3 is 55.4 Å². The van der Waals surface area contributed by atoms with Crippen molar-refractivity contribution in [1.29, 1.82) is 0 Å². The molecule has 0 amide bonds. The summed E-state index contributed by atoms with van der Waals surface area (Å²) in [5.74, 6) is -0.123. The molecule has 2 fully saturated rings. The summed E-state index contributed by atoms with van der Waals surface area (Å²) >= 11 is 0. The fourth-order valence-electron chi connectivity index (χ4n) is 5.02. The summed E-state index contributed by atoms with van der Waals surface area (Å²) in [4.78, 5) is 50.2. The van der Waals surface area contributed by atoms with Gasteiger partial charge in [-0.2, -0.15) is 4.98 Å². The number of nitrogens with two attached hydrogens (primary N) is 2. The quantitative estimate of drug-likeness (QED) is 0.0806. The van der Waals surface area contributed by atoms with E-state index in [4.69, 9.17) is 39.6 Å². The molecule has 4 aromatic heterocycles. The normalized spacial score (nSPS) is 30.7. The number of aliphatic hydroxyl groups is 3. The van der Waals surface area contributed by atoms with Crippen LogP contribution in [-0.2, 0) is 32.4 Å². The molecule has 45 heavy (non-hydrogen) atoms. The predicted octanol–water partition coefficient (Wildman–Crippen LogP) is -2.49. The number of ether oxygens (including phenoxy) is 3. The van der Waals surface area contributed by atoms with Crippen LogP contribution in [0.25, 0.3) is 22.2 Å². The first-order valence-electron chi connectivity index (χ1n) is 13.0. The molecule has 22 nitrogen and oxygen atoms in total. The number of aromatic nitrogens is 7. The third kappa shape index (κ3) is 5.99. The SMILES string of the molecule is Nc1nc2c(ncn2[C@@H]2O[C@H](OC[PH](=O)O)[C@H](O)[C@@H]2OP(=O)(O)OC[C@H]2O[C@@H](n3ccc4c(N)ncnc43)[C@@H](O)[C@H]2O)c(=O)[nH]1. The molecule has 4 aromatic rings. The van der Waals surface area contributed by atoms with Gasteiger partial charge in [0.1, 0.15) is 54.7 Å². The van der Waals surface area contributed by atoms with Crippen LogP contribution in [0.1, 0.15) is 12.5 Å². The molecule has 6 heterocycles. The van der Waals surface area contributed by atoms with E-state index in [1.807, 2.05) is 0 Å². The number of H-pyrrole nitrogens is 1. The minimum absolute atomic E-state index is 0.154. The number of hydrogen-bond acceptors (Lipinski definition) is 17. The highest BCUT2D eigenvalue weighted by Crippen LogP contribution is 2.50. The fourth-order valence-corrected chi connectivity index (χ4v) is 6.26. The zero-order valence-corrected chi connectivity index (χ0v) is 24.5. The van der Waals surface area contributed by atoms with Gasteiger partial charge in [-0.25, -0.2) is 19.5 Å². The number of nitrogens with one attached hydrogen (secondary N) is 1. The molecule has 0 aromatic carbocycles. The number of phosphoric acid groups is 1. The molecule has 10 N–H and O–H groups in total. The van der Waals surface area contributed by atoms with E-state index in [1.54, 1.807) is 6.07 Å². The minimum Gasteiger partial charge on any atom is -0.387 e. The van der Waals surface area contributed by atoms with Crippen LogP contribution in [0.5, 0.6) is 0 Å². The van der Waals surface area contributed by atoms with Crippen molar-refractivity contribution in [2.45, 2.75) is 49.3 Å². The number of nitrogen functional groups attached to an aromatic ring is 2. The lowest BCUT2D eigenvalue weighted by Crippen LogP contribution is -2.36. The van der Waals surface area contributed by atoms with Crippen molar-refractivity contribution in [3.8, 4) is 0 Å². The summed E-state index contributed by atoms with van der Waals surface area (Å²) in [6.07, 6.45) is -9.45. The minimum atomic E-state index is -5.15. The van der Waals surface area contributed by atoms with Crippen molar-refractivity contribution < 1.29 is 57.5 Å². The number of hydrogen-bond donors (Lipinski definition) is 8. The number of aromatic amines is 1. The van der Waals surface area contributed by atoms with Gasteiger partial charge in [0, 0.05) is 6.20 Å². The van der Waals surface area contributed by atoms with E-state index in [-0.39, 0.29) is 22.9 Å². The first-order chi connectivity index (χ1) is 21.3. The Morgan fingerprint density at radius 1 is 1.07 bits per heavy atom. The molecule has 2 saturated heterocycles. The maximum atomic E-state index is 13.1. The zero-order chi connectivity index (χ0) is 32.2. The standard InChI is InChI=1S/C21H27N9O13P2/c22-14-7-1-2-29(15(7)25-4-24-14)18-11(32)10(31)8(41-18)3-40-45(37,38)43-13-12(33)20(39-6-44(35)36)42-19(13)30-5-26-9-16(30)27-21(23)28-17(9)34/h1-2,4-5,8,10-13,18-20,31-33,44H,3,6H2,(H,35,36)(H,37,38)(H2,22,24,25)(H3,23,27,28,34)/t8-,10+,11+,12-,13+,18-,19-,20+/m1/s1. The lowest BCUT2D eigenvalue weighted by atomic mass is 10.1. The predicted molar refractivity (Wildman–Crippen MR) is 148 cm³/mol. The zero-order valence-electron chi connectivity index (χ0n) is 22.6. The van der Waals surface area contributed by atoms with Crippen LogP contribution in [0.2, 0.25) is 0 Å². The third-order valence-electron chi connectivity index (χ3n) is 7.07. The Morgan fingerprint density at radius 3 is 2.60 bits per heavy atom. The molecule has 2 unspecified atom stereocenters. The summed E-state index contributed by atoms with van der Waals surface area (Å²) in [6, 6.07) is 1.58. The number of imidazole rings is 1. The maximum Gasteiger partial charge on any atom is 0.472 e. The highest BCUT2D eigenvalue weighted by Gasteiger charge is 2.51. The van der Waals surface area contributed by atoms with Crippen LogP contribution < -0.4 is 17.0 Å². The maximum absolute atomic E-state index is 13.1. The van der Waals surface area contributed by atoms with Crippen molar-refractivity contribution >= 4 is 49.8 Å². The van der Waals surface area contributed by atoms with Gasteiger partial charge in [0.25, 0.3) is 5.56 Å². The molecule has 2 aliphatic rings. The summed E-state index contributed by atoms with van der Waals surface area (Å²) in [7, 11) is -8.32. The van der Waals surface area contributed by atoms with Gasteiger partial charge in [-0.1, -0.05) is 0 Å². The Balaban J connectivity index is 1.20. The monoisotopic (exact) mass is 675 g/mol. The van der Waals surface area contributed by atoms with Gasteiger partial charge in [0.15, 0.2) is 29.9 Å². The van der Waals surface area contributed by atoms with E-state index in [1.165, 1.54) is 17.1 Å². The number of anilines is 2. The van der Waals surface area contributed by atoms with E-state index in [0.29, 0.717) is 11.0 Å². The van der Waals surface area contributed by atoms with Gasteiger partial charge in [-0.15, -0.1) is 0 Å². The van der Waals surface area contributed by atoms with E-state index in [2.05, 4.69) is 24.9 Å². The van der Waals surface area contributed by atoms with Crippen LogP contribution in [0.4, 0.5) is 11.8 Å². The molecular formula is C21H27N9O13P2. The Morgan fingerprint density at radius 2 is 1.84 bits per heavy atom. The number of nitrogens with zero attached hydrogens (tertiary/aromatic N) is 6. The van der Waals surface area contributed by atoms with Gasteiger partial charge in [0.05, 0.1) is 18.3 Å². The van der Waals surface area contributed by atoms with Crippen molar-refractivity contribution in [2.24, 2.45) is 0 Å². The molecule has 6 rings (SSSR count). The summed E-state index contributed by atoms with van der Waals surface area (Å²) in [6.45, 7) is -0.777. The van der Waals surface area contributed by atoms with E-state index < -0.39 is 83.6 Å². The smallest absolute Gasteiger partial charge is 0.387 e. The summed E-state index contributed by atoms with van der Waals surface area (Å²) in [5, 5.41) is 32.6. The molecule has 0 bridgehead atoms. The second-order valence-electron chi connectivity index (χ2n) is 9.97. The average Bonchev–Trinajstić information content (AvgIpc) is 3.73. The van der Waals surface area contributed by atoms with Gasteiger partial charge in [-0.05, 0) is 6.07 Å². The lowest BCUT2D eigenvalue weighted by Gasteiger charge is -2.24. The van der Waals surface area contributed by atoms with Gasteiger partial charge in [0.2, 0.25) is 14.0 Å². The van der Waals surface area contributed by atoms with Crippen LogP contribution in [0.3, 0.4) is 0 Å². The molecule has 2 aliphatic heterocycles. The van der Waals surface area contributed by atoms with E-state index in [0.717, 1.165) is 10.9 Å². The molecule has 0 saturated carbocycles. The Kier molecular flexibility index (Phi) is 8.50. The Labute approximate surface area is 250 Å². The van der Waals surface area contributed by atoms with Crippen molar-refractivity contribution in [3.63, 3.8) is 0 Å². The fraction of sp³-hybridized carbons (Fsp3) is 0.476. The molecule has 0 radical (unpaired) electrons. The van der Waals surface area contributed by atoms with Crippen LogP contribution >= 0.6 is 15.9 Å². The van der Waals surface area contributed by atoms with Crippen LogP contribution in [-0.4, -0.2) is 109 Å². The summed E-state index contributed by atoms with van der Waals surface area (Å²) < 4.78 is 53.6. The van der Waals surface area contributed by atoms with Crippen molar-refractivity contribution in [3.05, 3.63) is 35.3 Å². The molecule has 0 aliphatic carbocycles. The number of rotatable bonds is 10. The number of phosphoric ester groups is 1. The second-order valence-corrected chi connectivity index (χ2v) is 12.4. The lowest BCUT2D eigenvalue weighted by molar-refractivity contribution is -0.166. The first-order valence-corrected chi connectivity index (χ1v) is 16.0. The van der Waals surface area contributed by atoms with Crippen molar-refractivity contribution in [1.82, 2.24) is 34.1 Å². The van der Waals surface area contributed by atoms with E-state index >= 15 is 0 Å². The molecule has 0 spiro atoms. The van der Waals surface area contributed by atoms with Gasteiger partial charge >= 0.3 is 7.82 Å². The number of fused-ring (bicyclic) bond motifs is 2. The van der Waals surface area contributed by atoms with Crippen molar-refractivity contribution in [2.75, 3.05) is 24.4 Å². The molecule has 10 atom stereocenters. The average molecular weight is 675 g/mol. The third-order valence-corrected chi connectivity index (χ3v) is 8.47. The van der Waals surface area contributed by atoms with Crippen LogP contribution in [0, 0.1) is 0 Å². The van der Waals surface area contributed by atoms with Crippen LogP contribution in [0.15, 0.2) is 29.7 Å². The number of aliphatic hydroxyl groups excluding tert-OH is 3. The Bertz CT molecular complexity index is 1850. The molecule has 24 heteroatoms. The highest BCUT2D eigenvalue weighted by atomic mass is 31.2. The second kappa shape index (κ2) is 12.1. The summed E-state index contributed by atoms with van der Waals surface area (Å²) in [5.41, 5.74) is 10.7. The largest absolute Gasteiger partial charge is 0.472 e. The molecule has 244 valence electrons.